The average Bonchev–Trinajstić information content (AvgIpc) is 3.38. The molecule has 9 heteroatoms. The zero-order chi connectivity index (χ0) is 26.9. The maximum Gasteiger partial charge on any atom is 0.272 e. The van der Waals surface area contributed by atoms with Crippen LogP contribution in [0.1, 0.15) is 50.0 Å². The number of phenols is 1. The molecular weight excluding hydrogens is 496 g/mol. The molecule has 2 N–H and O–H groups in total. The van der Waals surface area contributed by atoms with Gasteiger partial charge in [-0.2, -0.15) is 5.10 Å². The second-order valence-electron chi connectivity index (χ2n) is 9.66. The lowest BCUT2D eigenvalue weighted by atomic mass is 9.87. The van der Waals surface area contributed by atoms with Gasteiger partial charge in [-0.1, -0.05) is 18.2 Å². The third-order valence-electron chi connectivity index (χ3n) is 7.16. The molecule has 0 aliphatic carbocycles. The summed E-state index contributed by atoms with van der Waals surface area (Å²) in [7, 11) is 1.77. The molecular formula is C30H28N4O5. The Morgan fingerprint density at radius 1 is 1.03 bits per heavy atom. The van der Waals surface area contributed by atoms with E-state index in [0.29, 0.717) is 55.5 Å². The van der Waals surface area contributed by atoms with Crippen molar-refractivity contribution < 1.29 is 24.2 Å². The first-order valence-electron chi connectivity index (χ1n) is 12.9. The Hall–Kier alpha value is -4.79. The minimum absolute atomic E-state index is 0.0847. The number of benzene rings is 3. The van der Waals surface area contributed by atoms with E-state index in [4.69, 9.17) is 9.47 Å². The summed E-state index contributed by atoms with van der Waals surface area (Å²) in [6.45, 7) is 1.32. The highest BCUT2D eigenvalue weighted by atomic mass is 16.5. The van der Waals surface area contributed by atoms with Crippen LogP contribution in [-0.2, 0) is 13.5 Å². The molecule has 0 saturated carbocycles. The third-order valence-corrected chi connectivity index (χ3v) is 7.16. The van der Waals surface area contributed by atoms with Gasteiger partial charge in [-0.15, -0.1) is 0 Å². The second-order valence-corrected chi connectivity index (χ2v) is 9.66. The van der Waals surface area contributed by atoms with Gasteiger partial charge < -0.3 is 24.8 Å². The van der Waals surface area contributed by atoms with Gasteiger partial charge >= 0.3 is 0 Å². The number of nitrogens with zero attached hydrogens (tertiary/aromatic N) is 3. The van der Waals surface area contributed by atoms with Crippen molar-refractivity contribution in [3.8, 4) is 23.0 Å². The molecule has 1 atom stereocenters. The smallest absolute Gasteiger partial charge is 0.272 e. The molecule has 4 aromatic rings. The summed E-state index contributed by atoms with van der Waals surface area (Å²) in [5.41, 5.74) is 3.73. The molecule has 6 heterocycles. The van der Waals surface area contributed by atoms with Crippen molar-refractivity contribution in [3.05, 3.63) is 101 Å². The monoisotopic (exact) mass is 524 g/mol. The first kappa shape index (κ1) is 24.5. The molecule has 198 valence electrons. The number of carbonyl (C=O) groups excluding carboxylic acids is 2. The largest absolute Gasteiger partial charge is 0.507 e. The summed E-state index contributed by atoms with van der Waals surface area (Å²) in [5, 5.41) is 17.3. The first-order chi connectivity index (χ1) is 19.0. The van der Waals surface area contributed by atoms with Gasteiger partial charge in [0.05, 0.1) is 18.2 Å². The number of aromatic nitrogens is 2. The van der Waals surface area contributed by atoms with Crippen LogP contribution in [0.15, 0.2) is 72.9 Å². The Morgan fingerprint density at radius 3 is 2.59 bits per heavy atom. The SMILES string of the molecule is Cn1nccc1C(=O)N1CCc2cc3ccc2C1c1ccc(cc1)OCCCNC(=O)c1cc(ccc1O)O3. The number of ether oxygens (including phenoxy) is 2. The van der Waals surface area contributed by atoms with Gasteiger partial charge in [0.25, 0.3) is 11.8 Å². The lowest BCUT2D eigenvalue weighted by Gasteiger charge is -2.38. The highest BCUT2D eigenvalue weighted by molar-refractivity contribution is 5.97. The van der Waals surface area contributed by atoms with E-state index in [9.17, 15) is 14.7 Å². The van der Waals surface area contributed by atoms with Crippen molar-refractivity contribution >= 4 is 11.8 Å². The number of hydrogen-bond donors (Lipinski definition) is 2. The van der Waals surface area contributed by atoms with E-state index in [2.05, 4.69) is 10.4 Å². The lowest BCUT2D eigenvalue weighted by molar-refractivity contribution is 0.0683. The molecule has 1 unspecified atom stereocenters. The molecule has 39 heavy (non-hydrogen) atoms. The average molecular weight is 525 g/mol. The number of amides is 2. The summed E-state index contributed by atoms with van der Waals surface area (Å²) in [6.07, 6.45) is 2.87. The molecule has 0 saturated heterocycles. The molecule has 0 radical (unpaired) electrons. The number of phenolic OH excluding ortho intramolecular Hbond substituents is 1. The highest BCUT2D eigenvalue weighted by Crippen LogP contribution is 2.39. The van der Waals surface area contributed by atoms with Crippen LogP contribution in [0.3, 0.4) is 0 Å². The van der Waals surface area contributed by atoms with E-state index in [0.717, 1.165) is 16.7 Å². The normalized spacial score (nSPS) is 16.9. The van der Waals surface area contributed by atoms with Gasteiger partial charge in [0, 0.05) is 26.3 Å². The number of hydrogen-bond acceptors (Lipinski definition) is 6. The van der Waals surface area contributed by atoms with Crippen LogP contribution in [0.5, 0.6) is 23.0 Å². The predicted octanol–water partition coefficient (Wildman–Crippen LogP) is 4.22. The quantitative estimate of drug-likeness (QED) is 0.386. The summed E-state index contributed by atoms with van der Waals surface area (Å²) >= 11 is 0. The fraction of sp³-hybridized carbons (Fsp3) is 0.233. The number of carbonyl (C=O) groups is 2. The zero-order valence-corrected chi connectivity index (χ0v) is 21.5. The standard InChI is InChI=1S/C30H28N4O5/c1-33-26(11-14-32-33)30(37)34-15-12-20-17-22-7-9-24(20)28(34)19-3-5-21(6-4-19)38-16-2-13-31-29(36)25-18-23(39-22)8-10-27(25)35/h3-11,14,17-18,28,35H,2,12-13,15-16H2,1H3,(H,31,36). The Kier molecular flexibility index (Phi) is 6.40. The van der Waals surface area contributed by atoms with Crippen molar-refractivity contribution in [3.63, 3.8) is 0 Å². The molecule has 5 aliphatic heterocycles. The third kappa shape index (κ3) is 4.79. The van der Waals surface area contributed by atoms with Crippen LogP contribution in [0, 0.1) is 0 Å². The number of aryl methyl sites for hydroxylation is 1. The van der Waals surface area contributed by atoms with E-state index >= 15 is 0 Å². The van der Waals surface area contributed by atoms with Gasteiger partial charge in [-0.3, -0.25) is 14.3 Å². The molecule has 8 bridgehead atoms. The van der Waals surface area contributed by atoms with Crippen molar-refractivity contribution in [2.75, 3.05) is 19.7 Å². The fourth-order valence-corrected chi connectivity index (χ4v) is 5.18. The van der Waals surface area contributed by atoms with E-state index in [1.165, 1.54) is 12.1 Å². The van der Waals surface area contributed by atoms with Crippen molar-refractivity contribution in [2.24, 2.45) is 7.05 Å². The molecule has 9 rings (SSSR count). The van der Waals surface area contributed by atoms with Gasteiger partial charge in [-0.05, 0) is 78.1 Å². The van der Waals surface area contributed by atoms with Crippen LogP contribution in [0.4, 0.5) is 0 Å². The maximum atomic E-state index is 13.7. The highest BCUT2D eigenvalue weighted by Gasteiger charge is 2.34. The molecule has 0 spiro atoms. The molecule has 0 fully saturated rings. The van der Waals surface area contributed by atoms with Crippen LogP contribution < -0.4 is 14.8 Å². The van der Waals surface area contributed by atoms with E-state index in [1.807, 2.05) is 47.4 Å². The fourth-order valence-electron chi connectivity index (χ4n) is 5.18. The van der Waals surface area contributed by atoms with Crippen LogP contribution >= 0.6 is 0 Å². The lowest BCUT2D eigenvalue weighted by Crippen LogP contribution is -2.41. The van der Waals surface area contributed by atoms with Crippen LogP contribution in [0.25, 0.3) is 0 Å². The van der Waals surface area contributed by atoms with E-state index < -0.39 is 0 Å². The molecule has 9 nitrogen and oxygen atoms in total. The van der Waals surface area contributed by atoms with Crippen molar-refractivity contribution in [1.82, 2.24) is 20.0 Å². The summed E-state index contributed by atoms with van der Waals surface area (Å²) in [5.74, 6) is 1.17. The zero-order valence-electron chi connectivity index (χ0n) is 21.5. The van der Waals surface area contributed by atoms with Crippen molar-refractivity contribution in [1.29, 1.82) is 0 Å². The van der Waals surface area contributed by atoms with Gasteiger partial charge in [0.2, 0.25) is 0 Å². The molecule has 1 aromatic heterocycles. The summed E-state index contributed by atoms with van der Waals surface area (Å²) in [6, 6.07) is 19.7. The predicted molar refractivity (Wildman–Crippen MR) is 143 cm³/mol. The first-order valence-corrected chi connectivity index (χ1v) is 12.9. The summed E-state index contributed by atoms with van der Waals surface area (Å²) in [4.78, 5) is 28.3. The molecule has 5 aliphatic rings. The van der Waals surface area contributed by atoms with Crippen molar-refractivity contribution in [2.45, 2.75) is 18.9 Å². The minimum Gasteiger partial charge on any atom is -0.507 e. The van der Waals surface area contributed by atoms with E-state index in [1.54, 1.807) is 30.1 Å². The topological polar surface area (TPSA) is 106 Å². The second kappa shape index (κ2) is 10.2. The Balaban J connectivity index is 1.42. The minimum atomic E-state index is -0.383. The van der Waals surface area contributed by atoms with Gasteiger partial charge in [0.15, 0.2) is 0 Å². The maximum absolute atomic E-state index is 13.7. The summed E-state index contributed by atoms with van der Waals surface area (Å²) < 4.78 is 13.6. The Bertz CT molecular complexity index is 1550. The molecule has 3 aromatic carbocycles. The van der Waals surface area contributed by atoms with Crippen LogP contribution in [-0.4, -0.2) is 51.3 Å². The number of aromatic hydroxyl groups is 1. The number of rotatable bonds is 1. The van der Waals surface area contributed by atoms with Gasteiger partial charge in [-0.25, -0.2) is 0 Å². The van der Waals surface area contributed by atoms with Gasteiger partial charge in [0.1, 0.15) is 28.7 Å². The van der Waals surface area contributed by atoms with Crippen LogP contribution in [0.2, 0.25) is 0 Å². The van der Waals surface area contributed by atoms with E-state index in [-0.39, 0.29) is 29.2 Å². The Morgan fingerprint density at radius 2 is 1.79 bits per heavy atom. The number of nitrogens with one attached hydrogen (secondary N) is 1. The molecule has 2 amide bonds. The Labute approximate surface area is 225 Å².